The van der Waals surface area contributed by atoms with Crippen molar-refractivity contribution in [1.82, 2.24) is 14.9 Å². The molecular weight excluding hydrogens is 448 g/mol. The number of hydrogen-bond donors (Lipinski definition) is 2. The first-order chi connectivity index (χ1) is 15.5. The van der Waals surface area contributed by atoms with Crippen LogP contribution in [-0.4, -0.2) is 80.9 Å². The lowest BCUT2D eigenvalue weighted by atomic mass is 10.2. The van der Waals surface area contributed by atoms with E-state index in [0.717, 1.165) is 0 Å². The molecule has 3 amide bonds. The number of benzene rings is 1. The van der Waals surface area contributed by atoms with Crippen LogP contribution < -0.4 is 16.0 Å². The number of urea groups is 1. The maximum atomic E-state index is 12.4. The minimum atomic E-state index is -3.78. The fraction of sp³-hybridized carbons (Fsp3) is 0.429. The van der Waals surface area contributed by atoms with E-state index in [0.29, 0.717) is 42.7 Å². The second-order valence-electron chi connectivity index (χ2n) is 8.06. The van der Waals surface area contributed by atoms with Crippen molar-refractivity contribution in [3.8, 4) is 11.4 Å². The molecule has 2 heterocycles. The van der Waals surface area contributed by atoms with Gasteiger partial charge in [-0.3, -0.25) is 4.79 Å². The molecule has 178 valence electrons. The molecule has 1 atom stereocenters. The molecule has 33 heavy (non-hydrogen) atoms. The van der Waals surface area contributed by atoms with Gasteiger partial charge in [0.1, 0.15) is 11.6 Å². The molecule has 1 aromatic heterocycles. The second kappa shape index (κ2) is 10.1. The Balaban J connectivity index is 1.96. The van der Waals surface area contributed by atoms with E-state index >= 15 is 0 Å². The quantitative estimate of drug-likeness (QED) is 0.598. The van der Waals surface area contributed by atoms with Gasteiger partial charge in [0.25, 0.3) is 0 Å². The Morgan fingerprint density at radius 2 is 1.94 bits per heavy atom. The number of nitrogens with two attached hydrogens (primary N) is 1. The van der Waals surface area contributed by atoms with Crippen LogP contribution in [0.15, 0.2) is 30.3 Å². The zero-order valence-corrected chi connectivity index (χ0v) is 19.6. The van der Waals surface area contributed by atoms with Crippen molar-refractivity contribution >= 4 is 33.3 Å². The molecule has 0 radical (unpaired) electrons. The average molecular weight is 477 g/mol. The van der Waals surface area contributed by atoms with Crippen molar-refractivity contribution in [1.29, 1.82) is 0 Å². The van der Waals surface area contributed by atoms with E-state index in [2.05, 4.69) is 15.3 Å². The third-order valence-corrected chi connectivity index (χ3v) is 6.42. The van der Waals surface area contributed by atoms with Gasteiger partial charge in [0.05, 0.1) is 30.7 Å². The summed E-state index contributed by atoms with van der Waals surface area (Å²) < 4.78 is 30.2. The molecule has 3 N–H and O–H groups in total. The third-order valence-electron chi connectivity index (χ3n) is 4.96. The van der Waals surface area contributed by atoms with Crippen molar-refractivity contribution in [3.63, 3.8) is 0 Å². The Kier molecular flexibility index (Phi) is 7.49. The Morgan fingerprint density at radius 3 is 2.55 bits per heavy atom. The summed E-state index contributed by atoms with van der Waals surface area (Å²) in [4.78, 5) is 35.6. The van der Waals surface area contributed by atoms with Crippen LogP contribution in [0.1, 0.15) is 12.6 Å². The van der Waals surface area contributed by atoms with Gasteiger partial charge in [-0.15, -0.1) is 0 Å². The van der Waals surface area contributed by atoms with Crippen LogP contribution in [0.2, 0.25) is 0 Å². The number of aromatic nitrogens is 2. The molecule has 0 saturated carbocycles. The SMILES string of the molecule is C[C@H]1COCCN1c1cc(CS(=O)(=O)CC(N)=O)nc(-c2ccc(NC(=O)N(C)C)cc2)n1. The summed E-state index contributed by atoms with van der Waals surface area (Å²) in [5.74, 6) is -1.20. The number of nitrogens with zero attached hydrogens (tertiary/aromatic N) is 4. The van der Waals surface area contributed by atoms with Crippen LogP contribution in [-0.2, 0) is 25.1 Å². The third kappa shape index (κ3) is 6.62. The van der Waals surface area contributed by atoms with Crippen molar-refractivity contribution < 1.29 is 22.7 Å². The monoisotopic (exact) mass is 476 g/mol. The largest absolute Gasteiger partial charge is 0.377 e. The number of rotatable bonds is 7. The topological polar surface area (TPSA) is 148 Å². The van der Waals surface area contributed by atoms with Crippen LogP contribution in [0.25, 0.3) is 11.4 Å². The fourth-order valence-corrected chi connectivity index (χ4v) is 4.47. The number of hydrogen-bond acceptors (Lipinski definition) is 8. The van der Waals surface area contributed by atoms with Gasteiger partial charge in [-0.1, -0.05) is 0 Å². The molecular formula is C21H28N6O5S. The number of anilines is 2. The molecule has 0 aliphatic carbocycles. The molecule has 1 aromatic carbocycles. The van der Waals surface area contributed by atoms with E-state index in [1.165, 1.54) is 4.90 Å². The van der Waals surface area contributed by atoms with Crippen molar-refractivity contribution in [3.05, 3.63) is 36.0 Å². The Labute approximate surface area is 192 Å². The van der Waals surface area contributed by atoms with E-state index in [1.54, 1.807) is 44.4 Å². The highest BCUT2D eigenvalue weighted by Gasteiger charge is 2.24. The average Bonchev–Trinajstić information content (AvgIpc) is 2.73. The summed E-state index contributed by atoms with van der Waals surface area (Å²) in [6, 6.07) is 8.32. The van der Waals surface area contributed by atoms with E-state index < -0.39 is 27.3 Å². The first-order valence-corrected chi connectivity index (χ1v) is 12.2. The highest BCUT2D eigenvalue weighted by Crippen LogP contribution is 2.25. The van der Waals surface area contributed by atoms with Crippen LogP contribution in [0.4, 0.5) is 16.3 Å². The summed E-state index contributed by atoms with van der Waals surface area (Å²) in [7, 11) is -0.498. The zero-order valence-electron chi connectivity index (χ0n) is 18.8. The van der Waals surface area contributed by atoms with Gasteiger partial charge in [-0.05, 0) is 31.2 Å². The standard InChI is InChI=1S/C21H28N6O5S/c1-14-11-32-9-8-27(14)19-10-17(12-33(30,31)13-18(22)28)23-20(25-19)15-4-6-16(7-5-15)24-21(29)26(2)3/h4-7,10,14H,8-9,11-13H2,1-3H3,(H2,22,28)(H,24,29)/t14-/m0/s1. The van der Waals surface area contributed by atoms with Crippen LogP contribution in [0.5, 0.6) is 0 Å². The lowest BCUT2D eigenvalue weighted by Crippen LogP contribution is -2.44. The normalized spacial score (nSPS) is 16.3. The summed E-state index contributed by atoms with van der Waals surface area (Å²) in [6.45, 7) is 3.64. The molecule has 1 saturated heterocycles. The second-order valence-corrected chi connectivity index (χ2v) is 10.1. The van der Waals surface area contributed by atoms with Gasteiger partial charge >= 0.3 is 6.03 Å². The molecule has 0 unspecified atom stereocenters. The molecule has 11 nitrogen and oxygen atoms in total. The molecule has 12 heteroatoms. The van der Waals surface area contributed by atoms with Crippen molar-refractivity contribution in [2.45, 2.75) is 18.7 Å². The minimum Gasteiger partial charge on any atom is -0.377 e. The first kappa shape index (κ1) is 24.4. The van der Waals surface area contributed by atoms with Crippen molar-refractivity contribution in [2.24, 2.45) is 5.73 Å². The number of sulfone groups is 1. The molecule has 1 aliphatic heterocycles. The van der Waals surface area contributed by atoms with Gasteiger partial charge in [0.2, 0.25) is 5.91 Å². The van der Waals surface area contributed by atoms with Crippen LogP contribution >= 0.6 is 0 Å². The number of primary amides is 1. The van der Waals surface area contributed by atoms with E-state index in [4.69, 9.17) is 10.5 Å². The number of ether oxygens (including phenoxy) is 1. The fourth-order valence-electron chi connectivity index (χ4n) is 3.33. The molecule has 1 aliphatic rings. The van der Waals surface area contributed by atoms with Gasteiger partial charge in [-0.2, -0.15) is 0 Å². The predicted octanol–water partition coefficient (Wildman–Crippen LogP) is 0.862. The predicted molar refractivity (Wildman–Crippen MR) is 124 cm³/mol. The molecule has 0 spiro atoms. The number of amides is 3. The van der Waals surface area contributed by atoms with Gasteiger partial charge < -0.3 is 25.6 Å². The Morgan fingerprint density at radius 1 is 1.24 bits per heavy atom. The molecule has 1 fully saturated rings. The minimum absolute atomic E-state index is 0.0419. The molecule has 2 aromatic rings. The van der Waals surface area contributed by atoms with E-state index in [1.807, 2.05) is 11.8 Å². The summed E-state index contributed by atoms with van der Waals surface area (Å²) in [5, 5.41) is 2.75. The van der Waals surface area contributed by atoms with Crippen molar-refractivity contribution in [2.75, 3.05) is 49.8 Å². The number of morpholine rings is 1. The smallest absolute Gasteiger partial charge is 0.321 e. The highest BCUT2D eigenvalue weighted by molar-refractivity contribution is 7.91. The van der Waals surface area contributed by atoms with Crippen LogP contribution in [0.3, 0.4) is 0 Å². The Bertz CT molecular complexity index is 1120. The van der Waals surface area contributed by atoms with Crippen LogP contribution in [0, 0.1) is 0 Å². The number of carbonyl (C=O) groups excluding carboxylic acids is 2. The number of carbonyl (C=O) groups is 2. The Hall–Kier alpha value is -3.25. The lowest BCUT2D eigenvalue weighted by molar-refractivity contribution is -0.115. The molecule has 3 rings (SSSR count). The van der Waals surface area contributed by atoms with Gasteiger partial charge in [0.15, 0.2) is 15.7 Å². The van der Waals surface area contributed by atoms with Gasteiger partial charge in [0, 0.05) is 38.0 Å². The maximum absolute atomic E-state index is 12.4. The highest BCUT2D eigenvalue weighted by atomic mass is 32.2. The van der Waals surface area contributed by atoms with E-state index in [9.17, 15) is 18.0 Å². The zero-order chi connectivity index (χ0) is 24.2. The van der Waals surface area contributed by atoms with E-state index in [-0.39, 0.29) is 17.8 Å². The maximum Gasteiger partial charge on any atom is 0.321 e. The summed E-state index contributed by atoms with van der Waals surface area (Å²) in [5.41, 5.74) is 6.59. The van der Waals surface area contributed by atoms with Gasteiger partial charge in [-0.25, -0.2) is 23.2 Å². The first-order valence-electron chi connectivity index (χ1n) is 10.3. The summed E-state index contributed by atoms with van der Waals surface area (Å²) >= 11 is 0. The number of nitrogens with one attached hydrogen (secondary N) is 1. The molecule has 0 bridgehead atoms. The lowest BCUT2D eigenvalue weighted by Gasteiger charge is -2.34. The summed E-state index contributed by atoms with van der Waals surface area (Å²) in [6.07, 6.45) is 0.